The number of nitrogen functional groups attached to an aromatic ring is 1. The van der Waals surface area contributed by atoms with Gasteiger partial charge < -0.3 is 0 Å². The van der Waals surface area contributed by atoms with Gasteiger partial charge in [0.1, 0.15) is 6.54 Å². The lowest BCUT2D eigenvalue weighted by Gasteiger charge is -2.06. The summed E-state index contributed by atoms with van der Waals surface area (Å²) >= 11 is 0. The predicted octanol–water partition coefficient (Wildman–Crippen LogP) is 2.76. The van der Waals surface area contributed by atoms with Gasteiger partial charge in [-0.15, -0.1) is 0 Å². The number of hydrogen-bond donors (Lipinski definition) is 1. The van der Waals surface area contributed by atoms with Crippen LogP contribution in [0.5, 0.6) is 0 Å². The Morgan fingerprint density at radius 2 is 1.61 bits per heavy atom. The molecule has 0 saturated heterocycles. The molecule has 0 saturated carbocycles. The molecule has 3 rings (SSSR count). The van der Waals surface area contributed by atoms with Gasteiger partial charge in [-0.1, -0.05) is 48.5 Å². The van der Waals surface area contributed by atoms with Crippen molar-refractivity contribution in [1.82, 2.24) is 0 Å². The minimum Gasteiger partial charge on any atom is -0.287 e. The van der Waals surface area contributed by atoms with Crippen LogP contribution in [0.1, 0.15) is 5.56 Å². The molecule has 2 nitrogen and oxygen atoms in total. The number of anilines is 1. The Balaban J connectivity index is 2.08. The number of rotatable bonds is 2. The van der Waals surface area contributed by atoms with Gasteiger partial charge in [-0.25, -0.2) is 4.57 Å². The van der Waals surface area contributed by atoms with Gasteiger partial charge in [-0.3, -0.25) is 5.73 Å². The van der Waals surface area contributed by atoms with E-state index in [1.165, 1.54) is 16.3 Å². The van der Waals surface area contributed by atoms with Crippen LogP contribution in [0.15, 0.2) is 66.9 Å². The van der Waals surface area contributed by atoms with Gasteiger partial charge in [0.05, 0.1) is 6.20 Å². The summed E-state index contributed by atoms with van der Waals surface area (Å²) in [5, 5.41) is 2.56. The summed E-state index contributed by atoms with van der Waals surface area (Å²) < 4.78 is 2.06. The van der Waals surface area contributed by atoms with Crippen LogP contribution in [-0.2, 0) is 6.54 Å². The molecule has 3 aromatic rings. The molecule has 2 N–H and O–H groups in total. The van der Waals surface area contributed by atoms with E-state index in [1.807, 2.05) is 24.4 Å². The van der Waals surface area contributed by atoms with Crippen molar-refractivity contribution in [3.63, 3.8) is 0 Å². The van der Waals surface area contributed by atoms with Crippen molar-refractivity contribution in [3.8, 4) is 0 Å². The first-order valence-electron chi connectivity index (χ1n) is 6.05. The van der Waals surface area contributed by atoms with Crippen molar-refractivity contribution in [3.05, 3.63) is 72.4 Å². The lowest BCUT2D eigenvalue weighted by Crippen LogP contribution is -2.37. The van der Waals surface area contributed by atoms with Gasteiger partial charge in [0.15, 0.2) is 0 Å². The van der Waals surface area contributed by atoms with Crippen molar-refractivity contribution in [1.29, 1.82) is 0 Å². The summed E-state index contributed by atoms with van der Waals surface area (Å²) in [4.78, 5) is 0. The SMILES string of the molecule is Nc1cccc[n+]1Cc1cccc2ccccc12. The summed E-state index contributed by atoms with van der Waals surface area (Å²) in [5.74, 6) is 0.783. The zero-order chi connectivity index (χ0) is 12.4. The number of nitrogens with zero attached hydrogens (tertiary/aromatic N) is 1. The minimum absolute atomic E-state index is 0.783. The lowest BCUT2D eigenvalue weighted by molar-refractivity contribution is -0.673. The Morgan fingerprint density at radius 3 is 2.50 bits per heavy atom. The van der Waals surface area contributed by atoms with Crippen LogP contribution in [0.3, 0.4) is 0 Å². The third-order valence-corrected chi connectivity index (χ3v) is 3.20. The van der Waals surface area contributed by atoms with Crippen LogP contribution < -0.4 is 10.3 Å². The lowest BCUT2D eigenvalue weighted by atomic mass is 10.0. The summed E-state index contributed by atoms with van der Waals surface area (Å²) in [7, 11) is 0. The molecular formula is C16H15N2+. The highest BCUT2D eigenvalue weighted by atomic mass is 15.0. The fourth-order valence-corrected chi connectivity index (χ4v) is 2.25. The molecule has 2 aromatic carbocycles. The molecule has 0 aliphatic heterocycles. The van der Waals surface area contributed by atoms with Crippen LogP contribution in [0, 0.1) is 0 Å². The van der Waals surface area contributed by atoms with Gasteiger partial charge in [-0.05, 0) is 16.8 Å². The molecule has 1 heterocycles. The molecule has 0 spiro atoms. The minimum atomic E-state index is 0.783. The van der Waals surface area contributed by atoms with E-state index in [1.54, 1.807) is 0 Å². The molecule has 0 aliphatic carbocycles. The Bertz CT molecular complexity index is 684. The third-order valence-electron chi connectivity index (χ3n) is 3.20. The van der Waals surface area contributed by atoms with Gasteiger partial charge in [0.2, 0.25) is 0 Å². The van der Waals surface area contributed by atoms with E-state index in [-0.39, 0.29) is 0 Å². The highest BCUT2D eigenvalue weighted by Crippen LogP contribution is 2.18. The summed E-state index contributed by atoms with van der Waals surface area (Å²) in [6.07, 6.45) is 2.01. The molecule has 2 heteroatoms. The molecule has 0 atom stereocenters. The highest BCUT2D eigenvalue weighted by Gasteiger charge is 2.06. The summed E-state index contributed by atoms with van der Waals surface area (Å²) in [5.41, 5.74) is 7.26. The average Bonchev–Trinajstić information content (AvgIpc) is 2.42. The molecule has 0 radical (unpaired) electrons. The molecule has 18 heavy (non-hydrogen) atoms. The first-order chi connectivity index (χ1) is 8.84. The van der Waals surface area contributed by atoms with E-state index < -0.39 is 0 Å². The molecule has 1 aromatic heterocycles. The number of fused-ring (bicyclic) bond motifs is 1. The normalized spacial score (nSPS) is 10.7. The van der Waals surface area contributed by atoms with Gasteiger partial charge in [-0.2, -0.15) is 0 Å². The Labute approximate surface area is 106 Å². The van der Waals surface area contributed by atoms with Crippen LogP contribution in [0.25, 0.3) is 10.8 Å². The molecule has 0 aliphatic rings. The van der Waals surface area contributed by atoms with Crippen LogP contribution in [-0.4, -0.2) is 0 Å². The van der Waals surface area contributed by atoms with E-state index in [2.05, 4.69) is 47.0 Å². The number of hydrogen-bond acceptors (Lipinski definition) is 1. The van der Waals surface area contributed by atoms with E-state index >= 15 is 0 Å². The maximum Gasteiger partial charge on any atom is 0.272 e. The van der Waals surface area contributed by atoms with Gasteiger partial charge in [0, 0.05) is 11.6 Å². The molecule has 0 unspecified atom stereocenters. The van der Waals surface area contributed by atoms with Crippen LogP contribution in [0.2, 0.25) is 0 Å². The number of nitrogens with two attached hydrogens (primary N) is 1. The Kier molecular flexibility index (Phi) is 2.69. The fourth-order valence-electron chi connectivity index (χ4n) is 2.25. The maximum absolute atomic E-state index is 5.98. The molecular weight excluding hydrogens is 220 g/mol. The van der Waals surface area contributed by atoms with E-state index in [0.717, 1.165) is 12.4 Å². The highest BCUT2D eigenvalue weighted by molar-refractivity contribution is 5.85. The Morgan fingerprint density at radius 1 is 0.833 bits per heavy atom. The van der Waals surface area contributed by atoms with Crippen molar-refractivity contribution in [2.45, 2.75) is 6.54 Å². The van der Waals surface area contributed by atoms with E-state index in [4.69, 9.17) is 5.73 Å². The standard InChI is InChI=1S/C16H14N2/c17-16-10-3-4-11-18(16)12-14-8-5-7-13-6-1-2-9-15(13)14/h1-11,17H,12H2/p+1. The van der Waals surface area contributed by atoms with Crippen molar-refractivity contribution in [2.24, 2.45) is 0 Å². The Hall–Kier alpha value is -2.35. The number of benzene rings is 2. The van der Waals surface area contributed by atoms with E-state index in [9.17, 15) is 0 Å². The topological polar surface area (TPSA) is 29.9 Å². The first kappa shape index (κ1) is 10.8. The second kappa shape index (κ2) is 4.49. The van der Waals surface area contributed by atoms with Gasteiger partial charge in [0.25, 0.3) is 5.82 Å². The maximum atomic E-state index is 5.98. The zero-order valence-electron chi connectivity index (χ0n) is 10.1. The first-order valence-corrected chi connectivity index (χ1v) is 6.05. The summed E-state index contributed by atoms with van der Waals surface area (Å²) in [6, 6.07) is 20.7. The smallest absolute Gasteiger partial charge is 0.272 e. The van der Waals surface area contributed by atoms with Crippen molar-refractivity contribution < 1.29 is 4.57 Å². The van der Waals surface area contributed by atoms with Gasteiger partial charge >= 0.3 is 0 Å². The summed E-state index contributed by atoms with van der Waals surface area (Å²) in [6.45, 7) is 0.800. The number of pyridine rings is 1. The van der Waals surface area contributed by atoms with Crippen LogP contribution in [0.4, 0.5) is 5.82 Å². The largest absolute Gasteiger partial charge is 0.287 e. The van der Waals surface area contributed by atoms with Crippen molar-refractivity contribution in [2.75, 3.05) is 5.73 Å². The van der Waals surface area contributed by atoms with Crippen molar-refractivity contribution >= 4 is 16.6 Å². The average molecular weight is 235 g/mol. The number of aromatic nitrogens is 1. The van der Waals surface area contributed by atoms with E-state index in [0.29, 0.717) is 0 Å². The molecule has 0 fully saturated rings. The predicted molar refractivity (Wildman–Crippen MR) is 74.1 cm³/mol. The molecule has 88 valence electrons. The van der Waals surface area contributed by atoms with Crippen LogP contribution >= 0.6 is 0 Å². The second-order valence-electron chi connectivity index (χ2n) is 4.39. The monoisotopic (exact) mass is 235 g/mol. The zero-order valence-corrected chi connectivity index (χ0v) is 10.1. The third kappa shape index (κ3) is 1.93. The quantitative estimate of drug-likeness (QED) is 0.680. The molecule has 0 bridgehead atoms. The second-order valence-corrected chi connectivity index (χ2v) is 4.39. The molecule has 0 amide bonds. The fraction of sp³-hybridized carbons (Fsp3) is 0.0625.